The number of rotatable bonds is 4. The van der Waals surface area contributed by atoms with Gasteiger partial charge in [0.15, 0.2) is 0 Å². The van der Waals surface area contributed by atoms with E-state index in [0.717, 1.165) is 18.5 Å². The Morgan fingerprint density at radius 3 is 2.82 bits per heavy atom. The quantitative estimate of drug-likeness (QED) is 0.833. The average Bonchev–Trinajstić information content (AvgIpc) is 2.75. The number of nitrogens with zero attached hydrogens (tertiary/aromatic N) is 2. The normalized spacial score (nSPS) is 21.4. The summed E-state index contributed by atoms with van der Waals surface area (Å²) in [7, 11) is 3.53. The summed E-state index contributed by atoms with van der Waals surface area (Å²) in [6.45, 7) is 1.29. The van der Waals surface area contributed by atoms with Gasteiger partial charge >= 0.3 is 0 Å². The number of ether oxygens (including phenoxy) is 2. The van der Waals surface area contributed by atoms with Crippen molar-refractivity contribution in [1.29, 1.82) is 0 Å². The van der Waals surface area contributed by atoms with Crippen LogP contribution in [-0.4, -0.2) is 46.9 Å². The Morgan fingerprint density at radius 1 is 1.59 bits per heavy atom. The van der Waals surface area contributed by atoms with Gasteiger partial charge in [0.05, 0.1) is 17.4 Å². The van der Waals surface area contributed by atoms with Crippen molar-refractivity contribution < 1.29 is 14.6 Å². The molecule has 2 heterocycles. The van der Waals surface area contributed by atoms with Crippen LogP contribution in [0.3, 0.4) is 0 Å². The molecule has 5 nitrogen and oxygen atoms in total. The van der Waals surface area contributed by atoms with Crippen LogP contribution in [0, 0.1) is 0 Å². The highest BCUT2D eigenvalue weighted by Crippen LogP contribution is 2.29. The van der Waals surface area contributed by atoms with E-state index in [9.17, 15) is 5.11 Å². The van der Waals surface area contributed by atoms with E-state index in [-0.39, 0.29) is 0 Å². The van der Waals surface area contributed by atoms with Crippen LogP contribution < -0.4 is 0 Å². The summed E-state index contributed by atoms with van der Waals surface area (Å²) < 4.78 is 12.6. The number of aliphatic hydroxyl groups is 1. The molecule has 0 amide bonds. The third-order valence-electron chi connectivity index (χ3n) is 3.52. The lowest BCUT2D eigenvalue weighted by atomic mass is 9.85. The summed E-state index contributed by atoms with van der Waals surface area (Å²) in [5.41, 5.74) is 0.415. The SMILES string of the molecule is COC1(C(O)Cc2ccn(C)n2)CCOCC1. The third kappa shape index (κ3) is 2.68. The van der Waals surface area contributed by atoms with Gasteiger partial charge in [0.1, 0.15) is 0 Å². The van der Waals surface area contributed by atoms with Gasteiger partial charge in [0.25, 0.3) is 0 Å². The molecule has 0 radical (unpaired) electrons. The van der Waals surface area contributed by atoms with E-state index in [2.05, 4.69) is 5.10 Å². The average molecular weight is 240 g/mol. The van der Waals surface area contributed by atoms with Gasteiger partial charge in [0, 0.05) is 52.8 Å². The van der Waals surface area contributed by atoms with Gasteiger partial charge < -0.3 is 14.6 Å². The summed E-state index contributed by atoms with van der Waals surface area (Å²) in [6, 6.07) is 1.92. The molecule has 0 bridgehead atoms. The molecule has 17 heavy (non-hydrogen) atoms. The molecular formula is C12H20N2O3. The van der Waals surface area contributed by atoms with Crippen molar-refractivity contribution in [3.8, 4) is 0 Å². The highest BCUT2D eigenvalue weighted by atomic mass is 16.5. The standard InChI is InChI=1S/C12H20N2O3/c1-14-6-3-10(13-14)9-11(15)12(16-2)4-7-17-8-5-12/h3,6,11,15H,4-5,7-9H2,1-2H3. The first-order valence-electron chi connectivity index (χ1n) is 5.96. The number of hydrogen-bond acceptors (Lipinski definition) is 4. The summed E-state index contributed by atoms with van der Waals surface area (Å²) in [5.74, 6) is 0. The highest BCUT2D eigenvalue weighted by Gasteiger charge is 2.39. The maximum absolute atomic E-state index is 10.4. The van der Waals surface area contributed by atoms with Crippen LogP contribution in [0.25, 0.3) is 0 Å². The fraction of sp³-hybridized carbons (Fsp3) is 0.750. The van der Waals surface area contributed by atoms with E-state index < -0.39 is 11.7 Å². The number of aryl methyl sites for hydroxylation is 1. The van der Waals surface area contributed by atoms with Crippen LogP contribution >= 0.6 is 0 Å². The first-order valence-corrected chi connectivity index (χ1v) is 5.96. The third-order valence-corrected chi connectivity index (χ3v) is 3.52. The van der Waals surface area contributed by atoms with Gasteiger partial charge in [-0.15, -0.1) is 0 Å². The molecule has 1 unspecified atom stereocenters. The molecule has 0 saturated carbocycles. The van der Waals surface area contributed by atoms with Gasteiger partial charge in [-0.2, -0.15) is 5.10 Å². The molecule has 1 fully saturated rings. The van der Waals surface area contributed by atoms with E-state index in [1.165, 1.54) is 0 Å². The van der Waals surface area contributed by atoms with Gasteiger partial charge in [-0.05, 0) is 6.07 Å². The van der Waals surface area contributed by atoms with Gasteiger partial charge in [-0.1, -0.05) is 0 Å². The maximum Gasteiger partial charge on any atom is 0.0983 e. The largest absolute Gasteiger partial charge is 0.390 e. The summed E-state index contributed by atoms with van der Waals surface area (Å²) in [5, 5.41) is 14.6. The minimum atomic E-state index is -0.536. The van der Waals surface area contributed by atoms with Crippen molar-refractivity contribution in [3.05, 3.63) is 18.0 Å². The molecule has 2 rings (SSSR count). The van der Waals surface area contributed by atoms with Crippen LogP contribution in [0.5, 0.6) is 0 Å². The number of aliphatic hydroxyl groups excluding tert-OH is 1. The van der Waals surface area contributed by atoms with Gasteiger partial charge in [0.2, 0.25) is 0 Å². The van der Waals surface area contributed by atoms with E-state index in [1.54, 1.807) is 11.8 Å². The summed E-state index contributed by atoms with van der Waals surface area (Å²) in [4.78, 5) is 0. The Labute approximate surface area is 101 Å². The van der Waals surface area contributed by atoms with Crippen molar-refractivity contribution in [2.75, 3.05) is 20.3 Å². The van der Waals surface area contributed by atoms with Crippen molar-refractivity contribution >= 4 is 0 Å². The molecule has 1 aromatic heterocycles. The second-order valence-electron chi connectivity index (χ2n) is 4.58. The highest BCUT2D eigenvalue weighted by molar-refractivity contribution is 5.04. The molecule has 0 aliphatic carbocycles. The zero-order valence-electron chi connectivity index (χ0n) is 10.4. The zero-order chi connectivity index (χ0) is 12.3. The van der Waals surface area contributed by atoms with Crippen LogP contribution in [-0.2, 0) is 22.9 Å². The molecule has 1 N–H and O–H groups in total. The maximum atomic E-state index is 10.4. The fourth-order valence-corrected chi connectivity index (χ4v) is 2.35. The molecule has 1 atom stereocenters. The Morgan fingerprint density at radius 2 is 2.29 bits per heavy atom. The van der Waals surface area contributed by atoms with Crippen molar-refractivity contribution in [1.82, 2.24) is 9.78 Å². The van der Waals surface area contributed by atoms with Crippen LogP contribution in [0.2, 0.25) is 0 Å². The molecule has 1 aromatic rings. The Balaban J connectivity index is 2.04. The number of methoxy groups -OCH3 is 1. The molecule has 1 aliphatic rings. The molecule has 0 spiro atoms. The molecule has 96 valence electrons. The molecular weight excluding hydrogens is 220 g/mol. The topological polar surface area (TPSA) is 56.5 Å². The van der Waals surface area contributed by atoms with E-state index in [1.807, 2.05) is 19.3 Å². The van der Waals surface area contributed by atoms with E-state index in [0.29, 0.717) is 19.6 Å². The van der Waals surface area contributed by atoms with Crippen molar-refractivity contribution in [3.63, 3.8) is 0 Å². The fourth-order valence-electron chi connectivity index (χ4n) is 2.35. The van der Waals surface area contributed by atoms with Crippen LogP contribution in [0.15, 0.2) is 12.3 Å². The minimum absolute atomic E-state index is 0.476. The van der Waals surface area contributed by atoms with Crippen LogP contribution in [0.1, 0.15) is 18.5 Å². The minimum Gasteiger partial charge on any atom is -0.390 e. The Hall–Kier alpha value is -0.910. The van der Waals surface area contributed by atoms with Crippen molar-refractivity contribution in [2.24, 2.45) is 7.05 Å². The van der Waals surface area contributed by atoms with Crippen LogP contribution in [0.4, 0.5) is 0 Å². The first kappa shape index (κ1) is 12.5. The van der Waals surface area contributed by atoms with E-state index in [4.69, 9.17) is 9.47 Å². The second kappa shape index (κ2) is 5.16. The number of hydrogen-bond donors (Lipinski definition) is 1. The lowest BCUT2D eigenvalue weighted by Gasteiger charge is -2.39. The van der Waals surface area contributed by atoms with Crippen molar-refractivity contribution in [2.45, 2.75) is 31.0 Å². The summed E-state index contributed by atoms with van der Waals surface area (Å²) >= 11 is 0. The van der Waals surface area contributed by atoms with Gasteiger partial charge in [-0.25, -0.2) is 0 Å². The lowest BCUT2D eigenvalue weighted by molar-refractivity contribution is -0.151. The molecule has 1 saturated heterocycles. The monoisotopic (exact) mass is 240 g/mol. The Kier molecular flexibility index (Phi) is 3.81. The summed E-state index contributed by atoms with van der Waals surface area (Å²) in [6.07, 6.45) is 3.33. The first-order chi connectivity index (χ1) is 8.16. The van der Waals surface area contributed by atoms with E-state index >= 15 is 0 Å². The molecule has 0 aromatic carbocycles. The number of aromatic nitrogens is 2. The predicted molar refractivity (Wildman–Crippen MR) is 62.7 cm³/mol. The smallest absolute Gasteiger partial charge is 0.0983 e. The second-order valence-corrected chi connectivity index (χ2v) is 4.58. The van der Waals surface area contributed by atoms with Gasteiger partial charge in [-0.3, -0.25) is 4.68 Å². The Bertz CT molecular complexity index is 358. The zero-order valence-corrected chi connectivity index (χ0v) is 10.4. The molecule has 1 aliphatic heterocycles. The predicted octanol–water partition coefficient (Wildman–Crippen LogP) is 0.519. The lowest BCUT2D eigenvalue weighted by Crippen LogP contribution is -2.49. The molecule has 5 heteroatoms.